The number of piperidine rings is 1. The van der Waals surface area contributed by atoms with Gasteiger partial charge in [0.2, 0.25) is 11.8 Å². The number of nitrogens with zero attached hydrogens (tertiary/aromatic N) is 1. The number of carbonyl (C=O) groups excluding carboxylic acids is 2. The number of hydrogen-bond donors (Lipinski definition) is 1. The summed E-state index contributed by atoms with van der Waals surface area (Å²) in [4.78, 5) is 26.0. The fourth-order valence-corrected chi connectivity index (χ4v) is 3.59. The standard InChI is InChI=1S/C13H20N2O3/c1-18-10-6-8-2-3-9(7-10)15(8)12(17)13(4-5-13)11(14)16/h8-10H,2-7H2,1H3,(H2,14,16)/t8-,9+,10?. The van der Waals surface area contributed by atoms with Gasteiger partial charge in [-0.3, -0.25) is 9.59 Å². The van der Waals surface area contributed by atoms with E-state index in [9.17, 15) is 9.59 Å². The van der Waals surface area contributed by atoms with Crippen molar-refractivity contribution in [2.75, 3.05) is 7.11 Å². The lowest BCUT2D eigenvalue weighted by Crippen LogP contribution is -2.53. The van der Waals surface area contributed by atoms with Crippen molar-refractivity contribution in [2.24, 2.45) is 11.1 Å². The van der Waals surface area contributed by atoms with Gasteiger partial charge in [-0.1, -0.05) is 0 Å². The van der Waals surface area contributed by atoms with Crippen molar-refractivity contribution in [2.45, 2.75) is 56.7 Å². The monoisotopic (exact) mass is 252 g/mol. The van der Waals surface area contributed by atoms with E-state index in [2.05, 4.69) is 0 Å². The third-order valence-electron chi connectivity index (χ3n) is 4.89. The molecule has 2 saturated heterocycles. The predicted octanol–water partition coefficient (Wildman–Crippen LogP) is 0.420. The molecule has 18 heavy (non-hydrogen) atoms. The lowest BCUT2D eigenvalue weighted by Gasteiger charge is -2.39. The first-order valence-corrected chi connectivity index (χ1v) is 6.74. The second-order valence-corrected chi connectivity index (χ2v) is 5.87. The van der Waals surface area contributed by atoms with Crippen LogP contribution in [0.15, 0.2) is 0 Å². The van der Waals surface area contributed by atoms with Gasteiger partial charge in [0.05, 0.1) is 6.10 Å². The van der Waals surface area contributed by atoms with Crippen LogP contribution in [0.5, 0.6) is 0 Å². The molecule has 2 bridgehead atoms. The molecule has 0 radical (unpaired) electrons. The average Bonchev–Trinajstić information content (AvgIpc) is 3.11. The van der Waals surface area contributed by atoms with E-state index in [-0.39, 0.29) is 24.1 Å². The molecule has 0 aromatic carbocycles. The van der Waals surface area contributed by atoms with Gasteiger partial charge in [0.25, 0.3) is 0 Å². The van der Waals surface area contributed by atoms with Crippen molar-refractivity contribution < 1.29 is 14.3 Å². The molecule has 5 heteroatoms. The van der Waals surface area contributed by atoms with Gasteiger partial charge in [-0.2, -0.15) is 0 Å². The van der Waals surface area contributed by atoms with Crippen molar-refractivity contribution in [1.29, 1.82) is 0 Å². The second kappa shape index (κ2) is 3.95. The summed E-state index contributed by atoms with van der Waals surface area (Å²) in [6, 6.07) is 0.496. The average molecular weight is 252 g/mol. The number of hydrogen-bond acceptors (Lipinski definition) is 3. The highest BCUT2D eigenvalue weighted by atomic mass is 16.5. The quantitative estimate of drug-likeness (QED) is 0.740. The Balaban J connectivity index is 1.78. The Morgan fingerprint density at radius 2 is 1.78 bits per heavy atom. The molecule has 1 aliphatic carbocycles. The summed E-state index contributed by atoms with van der Waals surface area (Å²) in [6.07, 6.45) is 5.38. The van der Waals surface area contributed by atoms with Crippen molar-refractivity contribution >= 4 is 11.8 Å². The molecule has 0 aromatic heterocycles. The molecule has 1 unspecified atom stereocenters. The van der Waals surface area contributed by atoms with E-state index in [0.29, 0.717) is 12.8 Å². The zero-order chi connectivity index (χ0) is 12.9. The van der Waals surface area contributed by atoms with Gasteiger partial charge in [-0.05, 0) is 38.5 Å². The minimum absolute atomic E-state index is 0.0166. The highest BCUT2D eigenvalue weighted by Gasteiger charge is 2.60. The van der Waals surface area contributed by atoms with E-state index >= 15 is 0 Å². The van der Waals surface area contributed by atoms with Gasteiger partial charge in [-0.15, -0.1) is 0 Å². The second-order valence-electron chi connectivity index (χ2n) is 5.87. The smallest absolute Gasteiger partial charge is 0.238 e. The zero-order valence-electron chi connectivity index (χ0n) is 10.7. The fraction of sp³-hybridized carbons (Fsp3) is 0.846. The number of nitrogens with two attached hydrogens (primary N) is 1. The molecular weight excluding hydrogens is 232 g/mol. The normalized spacial score (nSPS) is 36.5. The van der Waals surface area contributed by atoms with Crippen LogP contribution in [0.1, 0.15) is 38.5 Å². The fourth-order valence-electron chi connectivity index (χ4n) is 3.59. The number of rotatable bonds is 3. The van der Waals surface area contributed by atoms with Crippen LogP contribution in [0.2, 0.25) is 0 Å². The van der Waals surface area contributed by atoms with Gasteiger partial charge < -0.3 is 15.4 Å². The topological polar surface area (TPSA) is 72.6 Å². The molecule has 3 atom stereocenters. The van der Waals surface area contributed by atoms with E-state index in [1.165, 1.54) is 0 Å². The maximum atomic E-state index is 12.6. The summed E-state index contributed by atoms with van der Waals surface area (Å²) < 4.78 is 5.42. The minimum atomic E-state index is -0.860. The lowest BCUT2D eigenvalue weighted by atomic mass is 9.95. The van der Waals surface area contributed by atoms with Crippen LogP contribution in [0.4, 0.5) is 0 Å². The Labute approximate surface area is 107 Å². The van der Waals surface area contributed by atoms with E-state index in [1.54, 1.807) is 7.11 Å². The van der Waals surface area contributed by atoms with Crippen molar-refractivity contribution in [1.82, 2.24) is 4.90 Å². The number of carbonyl (C=O) groups is 2. The van der Waals surface area contributed by atoms with Gasteiger partial charge in [0, 0.05) is 19.2 Å². The molecule has 1 saturated carbocycles. The molecule has 2 heterocycles. The molecule has 2 N–H and O–H groups in total. The van der Waals surface area contributed by atoms with Crippen LogP contribution >= 0.6 is 0 Å². The molecule has 5 nitrogen and oxygen atoms in total. The number of primary amides is 1. The highest BCUT2D eigenvalue weighted by molar-refractivity contribution is 6.07. The van der Waals surface area contributed by atoms with Gasteiger partial charge in [0.15, 0.2) is 0 Å². The summed E-state index contributed by atoms with van der Waals surface area (Å²) in [5.41, 5.74) is 4.53. The van der Waals surface area contributed by atoms with E-state index < -0.39 is 11.3 Å². The van der Waals surface area contributed by atoms with Crippen LogP contribution in [0, 0.1) is 5.41 Å². The molecule has 3 rings (SSSR count). The van der Waals surface area contributed by atoms with Gasteiger partial charge >= 0.3 is 0 Å². The maximum absolute atomic E-state index is 12.6. The highest BCUT2D eigenvalue weighted by Crippen LogP contribution is 2.50. The Bertz CT molecular complexity index is 378. The van der Waals surface area contributed by atoms with E-state index in [4.69, 9.17) is 10.5 Å². The van der Waals surface area contributed by atoms with Crippen molar-refractivity contribution in [3.63, 3.8) is 0 Å². The Hall–Kier alpha value is -1.10. The molecule has 2 amide bonds. The van der Waals surface area contributed by atoms with Gasteiger partial charge in [0.1, 0.15) is 5.41 Å². The van der Waals surface area contributed by atoms with Crippen LogP contribution in [-0.2, 0) is 14.3 Å². The first kappa shape index (κ1) is 12.0. The van der Waals surface area contributed by atoms with Crippen molar-refractivity contribution in [3.8, 4) is 0 Å². The predicted molar refractivity (Wildman–Crippen MR) is 64.5 cm³/mol. The molecule has 2 aliphatic heterocycles. The lowest BCUT2D eigenvalue weighted by molar-refractivity contribution is -0.148. The Morgan fingerprint density at radius 1 is 1.22 bits per heavy atom. The number of fused-ring (bicyclic) bond motifs is 2. The summed E-state index contributed by atoms with van der Waals surface area (Å²) in [7, 11) is 1.73. The molecule has 0 spiro atoms. The number of ether oxygens (including phenoxy) is 1. The Morgan fingerprint density at radius 3 is 2.17 bits per heavy atom. The molecular formula is C13H20N2O3. The van der Waals surface area contributed by atoms with Crippen LogP contribution in [0.3, 0.4) is 0 Å². The maximum Gasteiger partial charge on any atom is 0.238 e. The van der Waals surface area contributed by atoms with Crippen molar-refractivity contribution in [3.05, 3.63) is 0 Å². The number of methoxy groups -OCH3 is 1. The molecule has 0 aromatic rings. The molecule has 3 fully saturated rings. The number of amides is 2. The largest absolute Gasteiger partial charge is 0.381 e. The first-order chi connectivity index (χ1) is 8.58. The zero-order valence-corrected chi connectivity index (χ0v) is 10.7. The summed E-state index contributed by atoms with van der Waals surface area (Å²) in [5.74, 6) is -0.460. The summed E-state index contributed by atoms with van der Waals surface area (Å²) in [5, 5.41) is 0. The molecule has 3 aliphatic rings. The SMILES string of the molecule is COC1C[C@H]2CC[C@@H](C1)N2C(=O)C1(C(N)=O)CC1. The van der Waals surface area contributed by atoms with Crippen LogP contribution in [-0.4, -0.2) is 42.0 Å². The van der Waals surface area contributed by atoms with E-state index in [0.717, 1.165) is 25.7 Å². The minimum Gasteiger partial charge on any atom is -0.381 e. The first-order valence-electron chi connectivity index (χ1n) is 6.74. The summed E-state index contributed by atoms with van der Waals surface area (Å²) in [6.45, 7) is 0. The van der Waals surface area contributed by atoms with Crippen LogP contribution < -0.4 is 5.73 Å². The molecule has 100 valence electrons. The third kappa shape index (κ3) is 1.56. The third-order valence-corrected chi connectivity index (χ3v) is 4.89. The summed E-state index contributed by atoms with van der Waals surface area (Å²) >= 11 is 0. The Kier molecular flexibility index (Phi) is 2.62. The van der Waals surface area contributed by atoms with Crippen LogP contribution in [0.25, 0.3) is 0 Å². The van der Waals surface area contributed by atoms with Gasteiger partial charge in [-0.25, -0.2) is 0 Å². The van der Waals surface area contributed by atoms with E-state index in [1.807, 2.05) is 4.90 Å².